The normalized spacial score (nSPS) is 12.2. The lowest BCUT2D eigenvalue weighted by atomic mass is 10.1. The van der Waals surface area contributed by atoms with Crippen LogP contribution in [0.25, 0.3) is 0 Å². The molecule has 0 heterocycles. The Morgan fingerprint density at radius 3 is 2.50 bits per heavy atom. The number of amides is 2. The maximum atomic E-state index is 13.5. The molecule has 7 nitrogen and oxygen atoms in total. The number of anilines is 1. The third-order valence-electron chi connectivity index (χ3n) is 5.36. The Labute approximate surface area is 215 Å². The van der Waals surface area contributed by atoms with Crippen molar-refractivity contribution < 1.29 is 18.0 Å². The van der Waals surface area contributed by atoms with Crippen molar-refractivity contribution in [3.63, 3.8) is 0 Å². The molecular weight excluding hydrogens is 542 g/mol. The molecule has 0 bridgehead atoms. The molecule has 2 aromatic rings. The summed E-state index contributed by atoms with van der Waals surface area (Å²) in [5.41, 5.74) is 1.79. The molecule has 0 fully saturated rings. The number of nitrogens with zero attached hydrogens (tertiary/aromatic N) is 2. The summed E-state index contributed by atoms with van der Waals surface area (Å²) in [6, 6.07) is 11.5. The van der Waals surface area contributed by atoms with Crippen LogP contribution in [0, 0.1) is 6.92 Å². The van der Waals surface area contributed by atoms with Gasteiger partial charge in [-0.05, 0) is 55.7 Å². The molecule has 0 unspecified atom stereocenters. The molecule has 0 saturated heterocycles. The van der Waals surface area contributed by atoms with Crippen molar-refractivity contribution in [3.05, 3.63) is 63.1 Å². The second-order valence-corrected chi connectivity index (χ2v) is 11.4. The zero-order valence-corrected chi connectivity index (χ0v) is 23.0. The lowest BCUT2D eigenvalue weighted by Crippen LogP contribution is -2.51. The largest absolute Gasteiger partial charge is 0.354 e. The van der Waals surface area contributed by atoms with Crippen molar-refractivity contribution >= 4 is 55.1 Å². The summed E-state index contributed by atoms with van der Waals surface area (Å²) in [6.07, 6.45) is 2.80. The summed E-state index contributed by atoms with van der Waals surface area (Å²) in [7, 11) is -3.81. The Kier molecular flexibility index (Phi) is 10.4. The Balaban J connectivity index is 2.39. The number of unbranched alkanes of at least 4 members (excludes halogenated alkanes) is 1. The highest BCUT2D eigenvalue weighted by atomic mass is 79.9. The molecule has 0 radical (unpaired) electrons. The number of sulfonamides is 1. The Morgan fingerprint density at radius 2 is 1.88 bits per heavy atom. The van der Waals surface area contributed by atoms with Gasteiger partial charge in [-0.2, -0.15) is 0 Å². The number of aryl methyl sites for hydroxylation is 1. The molecule has 34 heavy (non-hydrogen) atoms. The highest BCUT2D eigenvalue weighted by Gasteiger charge is 2.30. The molecule has 0 aliphatic heterocycles. The summed E-state index contributed by atoms with van der Waals surface area (Å²) >= 11 is 9.54. The monoisotopic (exact) mass is 571 g/mol. The fourth-order valence-electron chi connectivity index (χ4n) is 3.40. The van der Waals surface area contributed by atoms with Gasteiger partial charge in [-0.1, -0.05) is 59.1 Å². The minimum Gasteiger partial charge on any atom is -0.354 e. The molecule has 0 aromatic heterocycles. The summed E-state index contributed by atoms with van der Waals surface area (Å²) in [4.78, 5) is 27.7. The smallest absolute Gasteiger partial charge is 0.244 e. The van der Waals surface area contributed by atoms with Crippen LogP contribution < -0.4 is 9.62 Å². The van der Waals surface area contributed by atoms with E-state index in [1.165, 1.54) is 11.0 Å². The first-order chi connectivity index (χ1) is 15.9. The Bertz CT molecular complexity index is 1130. The predicted octanol–water partition coefficient (Wildman–Crippen LogP) is 4.51. The summed E-state index contributed by atoms with van der Waals surface area (Å²) in [5, 5.41) is 3.21. The van der Waals surface area contributed by atoms with Gasteiger partial charge in [-0.3, -0.25) is 13.9 Å². The van der Waals surface area contributed by atoms with Crippen LogP contribution in [-0.2, 0) is 26.2 Å². The third kappa shape index (κ3) is 7.99. The molecule has 0 spiro atoms. The number of hydrogen-bond acceptors (Lipinski definition) is 4. The van der Waals surface area contributed by atoms with Crippen molar-refractivity contribution in [1.82, 2.24) is 10.2 Å². The second kappa shape index (κ2) is 12.6. The van der Waals surface area contributed by atoms with Crippen LogP contribution in [0.5, 0.6) is 0 Å². The van der Waals surface area contributed by atoms with E-state index in [1.807, 2.05) is 31.2 Å². The number of halogens is 2. The Morgan fingerprint density at radius 1 is 1.18 bits per heavy atom. The maximum absolute atomic E-state index is 13.5. The standard InChI is InChI=1S/C24H31BrClN3O4S/c1-5-6-12-27-24(31)18(3)28(15-19-8-7-9-20(25)13-19)23(30)16-29(34(4,32)33)22-14-21(26)11-10-17(22)2/h7-11,13-14,18H,5-6,12,15-16H2,1-4H3,(H,27,31)/t18-/m0/s1. The van der Waals surface area contributed by atoms with E-state index in [1.54, 1.807) is 26.0 Å². The molecule has 1 N–H and O–H groups in total. The fraction of sp³-hybridized carbons (Fsp3) is 0.417. The van der Waals surface area contributed by atoms with Gasteiger partial charge in [0.25, 0.3) is 0 Å². The van der Waals surface area contributed by atoms with Gasteiger partial charge in [0.1, 0.15) is 12.6 Å². The zero-order chi connectivity index (χ0) is 25.5. The summed E-state index contributed by atoms with van der Waals surface area (Å²) in [6.45, 7) is 5.61. The average Bonchev–Trinajstić information content (AvgIpc) is 2.76. The summed E-state index contributed by atoms with van der Waals surface area (Å²) in [5.74, 6) is -0.787. The van der Waals surface area contributed by atoms with E-state index in [2.05, 4.69) is 21.2 Å². The van der Waals surface area contributed by atoms with Crippen molar-refractivity contribution in [3.8, 4) is 0 Å². The highest BCUT2D eigenvalue weighted by molar-refractivity contribution is 9.10. The molecule has 2 amide bonds. The number of benzene rings is 2. The molecule has 0 aliphatic rings. The highest BCUT2D eigenvalue weighted by Crippen LogP contribution is 2.27. The van der Waals surface area contributed by atoms with Gasteiger partial charge in [-0.15, -0.1) is 0 Å². The van der Waals surface area contributed by atoms with Crippen molar-refractivity contribution in [2.24, 2.45) is 0 Å². The second-order valence-electron chi connectivity index (χ2n) is 8.17. The first-order valence-corrected chi connectivity index (χ1v) is 14.0. The van der Waals surface area contributed by atoms with Crippen LogP contribution in [0.2, 0.25) is 5.02 Å². The molecule has 1 atom stereocenters. The van der Waals surface area contributed by atoms with Crippen LogP contribution in [0.15, 0.2) is 46.9 Å². The van der Waals surface area contributed by atoms with Gasteiger partial charge in [0.15, 0.2) is 0 Å². The molecule has 2 aromatic carbocycles. The minimum absolute atomic E-state index is 0.146. The predicted molar refractivity (Wildman–Crippen MR) is 140 cm³/mol. The van der Waals surface area contributed by atoms with E-state index in [0.29, 0.717) is 22.8 Å². The van der Waals surface area contributed by atoms with Gasteiger partial charge in [0.2, 0.25) is 21.8 Å². The number of carbonyl (C=O) groups is 2. The van der Waals surface area contributed by atoms with E-state index in [0.717, 1.165) is 33.4 Å². The molecule has 10 heteroatoms. The number of carbonyl (C=O) groups excluding carboxylic acids is 2. The zero-order valence-electron chi connectivity index (χ0n) is 19.8. The van der Waals surface area contributed by atoms with Crippen molar-refractivity contribution in [2.75, 3.05) is 23.7 Å². The molecule has 0 aliphatic carbocycles. The molecular formula is C24H31BrClN3O4S. The van der Waals surface area contributed by atoms with Crippen LogP contribution in [0.3, 0.4) is 0 Å². The van der Waals surface area contributed by atoms with Gasteiger partial charge in [0, 0.05) is 22.6 Å². The minimum atomic E-state index is -3.81. The van der Waals surface area contributed by atoms with Gasteiger partial charge < -0.3 is 10.2 Å². The van der Waals surface area contributed by atoms with E-state index in [4.69, 9.17) is 11.6 Å². The van der Waals surface area contributed by atoms with Crippen molar-refractivity contribution in [1.29, 1.82) is 0 Å². The third-order valence-corrected chi connectivity index (χ3v) is 7.21. The van der Waals surface area contributed by atoms with Gasteiger partial charge in [0.05, 0.1) is 11.9 Å². The first-order valence-electron chi connectivity index (χ1n) is 11.0. The summed E-state index contributed by atoms with van der Waals surface area (Å²) < 4.78 is 27.2. The lowest BCUT2D eigenvalue weighted by Gasteiger charge is -2.32. The molecule has 186 valence electrons. The molecule has 0 saturated carbocycles. The topological polar surface area (TPSA) is 86.8 Å². The van der Waals surface area contributed by atoms with Crippen LogP contribution >= 0.6 is 27.5 Å². The van der Waals surface area contributed by atoms with Crippen molar-refractivity contribution in [2.45, 2.75) is 46.2 Å². The van der Waals surface area contributed by atoms with Gasteiger partial charge in [-0.25, -0.2) is 8.42 Å². The number of hydrogen-bond donors (Lipinski definition) is 1. The average molecular weight is 573 g/mol. The quantitative estimate of drug-likeness (QED) is 0.402. The van der Waals surface area contributed by atoms with Gasteiger partial charge >= 0.3 is 0 Å². The van der Waals surface area contributed by atoms with E-state index >= 15 is 0 Å². The Hall–Kier alpha value is -2.10. The van der Waals surface area contributed by atoms with Crippen LogP contribution in [-0.4, -0.2) is 50.5 Å². The maximum Gasteiger partial charge on any atom is 0.244 e. The number of nitrogens with one attached hydrogen (secondary N) is 1. The lowest BCUT2D eigenvalue weighted by molar-refractivity contribution is -0.139. The van der Waals surface area contributed by atoms with Crippen LogP contribution in [0.1, 0.15) is 37.8 Å². The van der Waals surface area contributed by atoms with E-state index in [9.17, 15) is 18.0 Å². The first kappa shape index (κ1) is 28.1. The van der Waals surface area contributed by atoms with E-state index < -0.39 is 28.5 Å². The molecule has 2 rings (SSSR count). The number of rotatable bonds is 11. The SMILES string of the molecule is CCCCNC(=O)[C@H](C)N(Cc1cccc(Br)c1)C(=O)CN(c1cc(Cl)ccc1C)S(C)(=O)=O. The fourth-order valence-corrected chi connectivity index (χ4v) is 4.91. The van der Waals surface area contributed by atoms with E-state index in [-0.39, 0.29) is 12.5 Å². The van der Waals surface area contributed by atoms with Crippen LogP contribution in [0.4, 0.5) is 5.69 Å².